The van der Waals surface area contributed by atoms with Gasteiger partial charge in [-0.1, -0.05) is 42.2 Å². The molecule has 17 heteroatoms. The highest BCUT2D eigenvalue weighted by Gasteiger charge is 2.23. The van der Waals surface area contributed by atoms with E-state index < -0.39 is 17.3 Å². The molecule has 0 fully saturated rings. The lowest BCUT2D eigenvalue weighted by Gasteiger charge is -2.27. The Kier molecular flexibility index (Phi) is 27.1. The largest absolute Gasteiger partial charge is 0.460 e. The van der Waals surface area contributed by atoms with Crippen molar-refractivity contribution < 1.29 is 66.5 Å². The van der Waals surface area contributed by atoms with E-state index in [1.54, 1.807) is 9.80 Å². The first kappa shape index (κ1) is 55.7. The molecule has 0 saturated carbocycles. The van der Waals surface area contributed by atoms with Crippen molar-refractivity contribution in [1.29, 1.82) is 0 Å². The summed E-state index contributed by atoms with van der Waals surface area (Å²) in [6.07, 6.45) is -0.113. The molecule has 1 heterocycles. The predicted molar refractivity (Wildman–Crippen MR) is 247 cm³/mol. The van der Waals surface area contributed by atoms with E-state index in [2.05, 4.69) is 17.2 Å². The number of amides is 3. The van der Waals surface area contributed by atoms with Crippen LogP contribution in [0.3, 0.4) is 0 Å². The molecule has 0 saturated heterocycles. The number of fused-ring (bicyclic) bond motifs is 2. The smallest absolute Gasteiger partial charge is 0.410 e. The lowest BCUT2D eigenvalue weighted by atomic mass is 10.0. The van der Waals surface area contributed by atoms with Crippen molar-refractivity contribution >= 4 is 29.6 Å². The fourth-order valence-corrected chi connectivity index (χ4v) is 5.96. The fourth-order valence-electron chi connectivity index (χ4n) is 5.96. The topological polar surface area (TPSA) is 179 Å². The number of hydrogen-bond acceptors (Lipinski definition) is 14. The molecule has 0 spiro atoms. The van der Waals surface area contributed by atoms with Crippen LogP contribution in [-0.2, 0) is 68.3 Å². The minimum atomic E-state index is -0.643. The van der Waals surface area contributed by atoms with E-state index in [4.69, 9.17) is 47.4 Å². The molecule has 0 unspecified atom stereocenters. The third-order valence-corrected chi connectivity index (χ3v) is 9.07. The maximum Gasteiger partial charge on any atom is 0.410 e. The quantitative estimate of drug-likeness (QED) is 0.0579. The molecule has 0 bridgehead atoms. The van der Waals surface area contributed by atoms with Crippen molar-refractivity contribution in [2.45, 2.75) is 78.6 Å². The molecule has 1 N–H and O–H groups in total. The maximum atomic E-state index is 13.3. The molecule has 1 aliphatic heterocycles. The summed E-state index contributed by atoms with van der Waals surface area (Å²) < 4.78 is 55.3. The van der Waals surface area contributed by atoms with Crippen molar-refractivity contribution in [2.24, 2.45) is 0 Å². The Bertz CT molecular complexity index is 1780. The van der Waals surface area contributed by atoms with E-state index in [1.807, 2.05) is 90.1 Å². The predicted octanol–water partition coefficient (Wildman–Crippen LogP) is 4.93. The number of esters is 1. The molecule has 3 rings (SSSR count). The van der Waals surface area contributed by atoms with Gasteiger partial charge in [0.25, 0.3) is 0 Å². The molecule has 0 aromatic heterocycles. The van der Waals surface area contributed by atoms with Crippen molar-refractivity contribution in [2.75, 3.05) is 130 Å². The third-order valence-electron chi connectivity index (χ3n) is 9.07. The van der Waals surface area contributed by atoms with Gasteiger partial charge in [0.05, 0.1) is 124 Å². The fraction of sp³-hybridized carbons (Fsp3) is 0.633. The summed E-state index contributed by atoms with van der Waals surface area (Å²) in [7, 11) is 0. The van der Waals surface area contributed by atoms with Gasteiger partial charge in [-0.05, 0) is 65.3 Å². The lowest BCUT2D eigenvalue weighted by Crippen LogP contribution is -2.40. The van der Waals surface area contributed by atoms with Gasteiger partial charge in [-0.2, -0.15) is 0 Å². The number of nitrogens with zero attached hydrogens (tertiary/aromatic N) is 2. The van der Waals surface area contributed by atoms with Crippen LogP contribution in [0.5, 0.6) is 0 Å². The summed E-state index contributed by atoms with van der Waals surface area (Å²) in [6.45, 7) is 18.0. The number of nitrogens with one attached hydrogen (secondary N) is 1. The first-order chi connectivity index (χ1) is 31.7. The van der Waals surface area contributed by atoms with Crippen molar-refractivity contribution in [3.63, 3.8) is 0 Å². The standard InChI is InChI=1S/C49H73N3O14/c1-48(2,3)65-46(55)19-23-57-27-31-61-35-37-63-33-29-59-25-21-51(47(56)66-49(4,5)6)22-26-60-30-34-64-38-36-62-32-28-58-24-20-50-44(53)17-18-45(54)52-39-42-13-8-7-11-40(42)15-16-41-12-9-10-14-43(41)52/h7-14H,17-39H2,1-6H3,(H,50,53). The Morgan fingerprint density at radius 1 is 0.545 bits per heavy atom. The van der Waals surface area contributed by atoms with Crippen molar-refractivity contribution in [3.05, 3.63) is 65.2 Å². The van der Waals surface area contributed by atoms with Gasteiger partial charge in [-0.25, -0.2) is 4.79 Å². The van der Waals surface area contributed by atoms with Crippen LogP contribution in [0.1, 0.15) is 77.5 Å². The third kappa shape index (κ3) is 25.9. The van der Waals surface area contributed by atoms with E-state index in [9.17, 15) is 19.2 Å². The van der Waals surface area contributed by atoms with Gasteiger partial charge >= 0.3 is 12.1 Å². The minimum absolute atomic E-state index is 0.0662. The van der Waals surface area contributed by atoms with E-state index >= 15 is 0 Å². The molecule has 66 heavy (non-hydrogen) atoms. The summed E-state index contributed by atoms with van der Waals surface area (Å²) >= 11 is 0. The Morgan fingerprint density at radius 3 is 1.55 bits per heavy atom. The van der Waals surface area contributed by atoms with Crippen LogP contribution in [0.25, 0.3) is 0 Å². The molecule has 2 aromatic carbocycles. The van der Waals surface area contributed by atoms with Crippen LogP contribution in [0.4, 0.5) is 10.5 Å². The first-order valence-corrected chi connectivity index (χ1v) is 22.8. The van der Waals surface area contributed by atoms with E-state index in [-0.39, 0.29) is 43.7 Å². The highest BCUT2D eigenvalue weighted by atomic mass is 16.6. The average molecular weight is 928 g/mol. The molecular weight excluding hydrogens is 855 g/mol. The first-order valence-electron chi connectivity index (χ1n) is 22.8. The Hall–Kier alpha value is -4.64. The number of hydrogen-bond donors (Lipinski definition) is 1. The number of ether oxygens (including phenoxy) is 10. The second-order valence-electron chi connectivity index (χ2n) is 17.0. The number of carbonyl (C=O) groups is 4. The van der Waals surface area contributed by atoms with Gasteiger partial charge in [0.1, 0.15) is 11.2 Å². The Balaban J connectivity index is 1.13. The summed E-state index contributed by atoms with van der Waals surface area (Å²) in [5.41, 5.74) is 2.21. The molecule has 2 aromatic rings. The Labute approximate surface area is 391 Å². The lowest BCUT2D eigenvalue weighted by molar-refractivity contribution is -0.156. The summed E-state index contributed by atoms with van der Waals surface area (Å²) in [5.74, 6) is 5.74. The molecule has 368 valence electrons. The van der Waals surface area contributed by atoms with Gasteiger partial charge in [0.2, 0.25) is 11.8 Å². The monoisotopic (exact) mass is 928 g/mol. The summed E-state index contributed by atoms with van der Waals surface area (Å²) in [6, 6.07) is 15.3. The van der Waals surface area contributed by atoms with Crippen LogP contribution in [0, 0.1) is 11.8 Å². The van der Waals surface area contributed by atoms with Crippen molar-refractivity contribution in [1.82, 2.24) is 10.2 Å². The summed E-state index contributed by atoms with van der Waals surface area (Å²) in [4.78, 5) is 53.6. The number of anilines is 1. The highest BCUT2D eigenvalue weighted by molar-refractivity contribution is 5.96. The van der Waals surface area contributed by atoms with Crippen LogP contribution in [0.15, 0.2) is 48.5 Å². The number of rotatable bonds is 33. The summed E-state index contributed by atoms with van der Waals surface area (Å²) in [5, 5.41) is 2.81. The zero-order valence-corrected chi connectivity index (χ0v) is 40.0. The van der Waals surface area contributed by atoms with Gasteiger partial charge < -0.3 is 62.5 Å². The van der Waals surface area contributed by atoms with Crippen LogP contribution in [-0.4, -0.2) is 165 Å². The molecule has 17 nitrogen and oxygen atoms in total. The van der Waals surface area contributed by atoms with Crippen LogP contribution in [0.2, 0.25) is 0 Å². The molecular formula is C49H73N3O14. The minimum Gasteiger partial charge on any atom is -0.460 e. The van der Waals surface area contributed by atoms with E-state index in [0.717, 1.165) is 22.4 Å². The highest BCUT2D eigenvalue weighted by Crippen LogP contribution is 2.26. The normalized spacial score (nSPS) is 12.2. The van der Waals surface area contributed by atoms with Crippen LogP contribution < -0.4 is 10.2 Å². The van der Waals surface area contributed by atoms with Crippen LogP contribution >= 0.6 is 0 Å². The Morgan fingerprint density at radius 2 is 1.00 bits per heavy atom. The van der Waals surface area contributed by atoms with Gasteiger partial charge in [-0.3, -0.25) is 14.4 Å². The molecule has 0 aliphatic carbocycles. The molecule has 0 atom stereocenters. The maximum absolute atomic E-state index is 13.3. The molecule has 0 radical (unpaired) electrons. The molecule has 3 amide bonds. The zero-order valence-electron chi connectivity index (χ0n) is 40.0. The second kappa shape index (κ2) is 32.1. The average Bonchev–Trinajstić information content (AvgIpc) is 3.25. The zero-order chi connectivity index (χ0) is 47.9. The van der Waals surface area contributed by atoms with Gasteiger partial charge in [-0.15, -0.1) is 0 Å². The van der Waals surface area contributed by atoms with E-state index in [1.165, 1.54) is 0 Å². The van der Waals surface area contributed by atoms with Gasteiger partial charge in [0, 0.05) is 43.6 Å². The van der Waals surface area contributed by atoms with Gasteiger partial charge in [0.15, 0.2) is 0 Å². The number of benzene rings is 2. The molecule has 1 aliphatic rings. The number of para-hydroxylation sites is 1. The number of carbonyl (C=O) groups excluding carboxylic acids is 4. The SMILES string of the molecule is CC(C)(C)OC(=O)CCOCCOCCOCCOCCN(CCOCCOCCOCCOCCNC(=O)CCC(=O)N1Cc2ccccc2C#Cc2ccccc21)C(=O)OC(C)(C)C. The second-order valence-corrected chi connectivity index (χ2v) is 17.0. The van der Waals surface area contributed by atoms with E-state index in [0.29, 0.717) is 125 Å². The van der Waals surface area contributed by atoms with Crippen molar-refractivity contribution in [3.8, 4) is 11.8 Å².